The molecule has 0 radical (unpaired) electrons. The minimum atomic E-state index is -0.933. The lowest BCUT2D eigenvalue weighted by Gasteiger charge is -2.07. The Morgan fingerprint density at radius 2 is 2.05 bits per heavy atom. The fourth-order valence-corrected chi connectivity index (χ4v) is 1.75. The van der Waals surface area contributed by atoms with E-state index in [1.807, 2.05) is 30.3 Å². The Morgan fingerprint density at radius 3 is 2.68 bits per heavy atom. The largest absolute Gasteiger partial charge is 0.481 e. The lowest BCUT2D eigenvalue weighted by molar-refractivity contribution is -0.136. The van der Waals surface area contributed by atoms with E-state index in [-0.39, 0.29) is 6.42 Å². The summed E-state index contributed by atoms with van der Waals surface area (Å²) in [5, 5.41) is 8.78. The van der Waals surface area contributed by atoms with Crippen molar-refractivity contribution in [1.29, 1.82) is 0 Å². The third kappa shape index (κ3) is 3.51. The van der Waals surface area contributed by atoms with E-state index in [1.165, 1.54) is 13.3 Å². The average Bonchev–Trinajstić information content (AvgIpc) is 2.41. The molecular formula is C14H14N2O3. The van der Waals surface area contributed by atoms with Crippen LogP contribution >= 0.6 is 0 Å². The quantitative estimate of drug-likeness (QED) is 0.883. The first kappa shape index (κ1) is 13.0. The number of nitrogens with zero attached hydrogens (tertiary/aromatic N) is 2. The zero-order valence-corrected chi connectivity index (χ0v) is 10.5. The van der Waals surface area contributed by atoms with Crippen molar-refractivity contribution < 1.29 is 14.6 Å². The Morgan fingerprint density at radius 1 is 1.32 bits per heavy atom. The molecule has 1 heterocycles. The third-order valence-electron chi connectivity index (χ3n) is 2.61. The summed E-state index contributed by atoms with van der Waals surface area (Å²) in [6.07, 6.45) is 1.96. The van der Waals surface area contributed by atoms with Crippen LogP contribution in [0.4, 0.5) is 0 Å². The molecule has 1 aromatic heterocycles. The predicted molar refractivity (Wildman–Crippen MR) is 69.2 cm³/mol. The number of rotatable bonds is 5. The first-order chi connectivity index (χ1) is 9.19. The number of hydrogen-bond donors (Lipinski definition) is 1. The molecule has 19 heavy (non-hydrogen) atoms. The predicted octanol–water partition coefficient (Wildman–Crippen LogP) is 1.70. The maximum Gasteiger partial charge on any atom is 0.308 e. The standard InChI is InChI=1S/C14H14N2O3/c1-19-14-11(8-13(17)18)9-15-12(16-14)7-10-5-3-2-4-6-10/h2-6,9H,7-8H2,1H3,(H,17,18). The molecular weight excluding hydrogens is 244 g/mol. The molecule has 5 nitrogen and oxygen atoms in total. The lowest BCUT2D eigenvalue weighted by atomic mass is 10.1. The van der Waals surface area contributed by atoms with Crippen LogP contribution in [0.2, 0.25) is 0 Å². The monoisotopic (exact) mass is 258 g/mol. The van der Waals surface area contributed by atoms with Gasteiger partial charge >= 0.3 is 5.97 Å². The molecule has 0 saturated heterocycles. The molecule has 0 aliphatic rings. The number of aromatic nitrogens is 2. The lowest BCUT2D eigenvalue weighted by Crippen LogP contribution is -2.07. The van der Waals surface area contributed by atoms with Crippen molar-refractivity contribution in [3.63, 3.8) is 0 Å². The van der Waals surface area contributed by atoms with Gasteiger partial charge in [-0.25, -0.2) is 4.98 Å². The molecule has 0 bridgehead atoms. The van der Waals surface area contributed by atoms with E-state index < -0.39 is 5.97 Å². The van der Waals surface area contributed by atoms with Crippen LogP contribution in [0.3, 0.4) is 0 Å². The Labute approximate surface area is 110 Å². The highest BCUT2D eigenvalue weighted by molar-refractivity contribution is 5.70. The number of hydrogen-bond acceptors (Lipinski definition) is 4. The zero-order chi connectivity index (χ0) is 13.7. The molecule has 0 saturated carbocycles. The second-order valence-corrected chi connectivity index (χ2v) is 4.05. The summed E-state index contributed by atoms with van der Waals surface area (Å²) in [4.78, 5) is 19.1. The number of benzene rings is 1. The molecule has 0 fully saturated rings. The van der Waals surface area contributed by atoms with Gasteiger partial charge in [-0.2, -0.15) is 4.98 Å². The molecule has 98 valence electrons. The molecule has 0 spiro atoms. The van der Waals surface area contributed by atoms with Gasteiger partial charge in [-0.05, 0) is 5.56 Å². The molecule has 2 rings (SSSR count). The summed E-state index contributed by atoms with van der Waals surface area (Å²) < 4.78 is 5.11. The van der Waals surface area contributed by atoms with E-state index >= 15 is 0 Å². The summed E-state index contributed by atoms with van der Waals surface area (Å²) in [6.45, 7) is 0. The molecule has 1 N–H and O–H groups in total. The Bertz CT molecular complexity index is 570. The van der Waals surface area contributed by atoms with Crippen molar-refractivity contribution in [3.05, 3.63) is 53.5 Å². The van der Waals surface area contributed by atoms with Crippen LogP contribution in [0, 0.1) is 0 Å². The summed E-state index contributed by atoms with van der Waals surface area (Å²) >= 11 is 0. The summed E-state index contributed by atoms with van der Waals surface area (Å²) in [7, 11) is 1.47. The molecule has 1 aromatic carbocycles. The van der Waals surface area contributed by atoms with Crippen molar-refractivity contribution in [2.24, 2.45) is 0 Å². The minimum absolute atomic E-state index is 0.144. The summed E-state index contributed by atoms with van der Waals surface area (Å²) in [5.41, 5.74) is 1.57. The van der Waals surface area contributed by atoms with Gasteiger partial charge in [0.05, 0.1) is 13.5 Å². The fraction of sp³-hybridized carbons (Fsp3) is 0.214. The number of aliphatic carboxylic acids is 1. The fourth-order valence-electron chi connectivity index (χ4n) is 1.75. The highest BCUT2D eigenvalue weighted by Crippen LogP contribution is 2.16. The van der Waals surface area contributed by atoms with Crippen molar-refractivity contribution in [3.8, 4) is 5.88 Å². The minimum Gasteiger partial charge on any atom is -0.481 e. The van der Waals surface area contributed by atoms with Crippen molar-refractivity contribution in [2.45, 2.75) is 12.8 Å². The maximum absolute atomic E-state index is 10.7. The van der Waals surface area contributed by atoms with E-state index in [1.54, 1.807) is 0 Å². The number of carbonyl (C=O) groups is 1. The average molecular weight is 258 g/mol. The Kier molecular flexibility index (Phi) is 4.07. The third-order valence-corrected chi connectivity index (χ3v) is 2.61. The Balaban J connectivity index is 2.21. The van der Waals surface area contributed by atoms with Gasteiger partial charge in [0.15, 0.2) is 0 Å². The zero-order valence-electron chi connectivity index (χ0n) is 10.5. The van der Waals surface area contributed by atoms with Gasteiger partial charge in [-0.15, -0.1) is 0 Å². The van der Waals surface area contributed by atoms with Crippen molar-refractivity contribution in [1.82, 2.24) is 9.97 Å². The molecule has 0 unspecified atom stereocenters. The van der Waals surface area contributed by atoms with Crippen LogP contribution in [0.1, 0.15) is 17.0 Å². The van der Waals surface area contributed by atoms with Crippen molar-refractivity contribution >= 4 is 5.97 Å². The first-order valence-electron chi connectivity index (χ1n) is 5.83. The number of ether oxygens (including phenoxy) is 1. The van der Waals surface area contributed by atoms with Gasteiger partial charge in [0.1, 0.15) is 5.82 Å². The van der Waals surface area contributed by atoms with Crippen LogP contribution in [0.5, 0.6) is 5.88 Å². The molecule has 5 heteroatoms. The molecule has 0 aliphatic carbocycles. The maximum atomic E-state index is 10.7. The van der Waals surface area contributed by atoms with Crippen LogP contribution in [-0.2, 0) is 17.6 Å². The van der Waals surface area contributed by atoms with Crippen LogP contribution in [0.15, 0.2) is 36.5 Å². The summed E-state index contributed by atoms with van der Waals surface area (Å²) in [5.74, 6) is -0.00164. The molecule has 2 aromatic rings. The molecule has 0 aliphatic heterocycles. The van der Waals surface area contributed by atoms with Gasteiger partial charge in [-0.1, -0.05) is 30.3 Å². The second kappa shape index (κ2) is 5.95. The van der Waals surface area contributed by atoms with E-state index in [9.17, 15) is 4.79 Å². The van der Waals surface area contributed by atoms with Gasteiger partial charge in [0.25, 0.3) is 0 Å². The second-order valence-electron chi connectivity index (χ2n) is 4.05. The Hall–Kier alpha value is -2.43. The number of methoxy groups -OCH3 is 1. The summed E-state index contributed by atoms with van der Waals surface area (Å²) in [6, 6.07) is 9.82. The normalized spacial score (nSPS) is 10.2. The highest BCUT2D eigenvalue weighted by Gasteiger charge is 2.11. The highest BCUT2D eigenvalue weighted by atomic mass is 16.5. The van der Waals surface area contributed by atoms with Crippen LogP contribution in [-0.4, -0.2) is 28.2 Å². The van der Waals surface area contributed by atoms with Gasteiger partial charge in [0.2, 0.25) is 5.88 Å². The number of carboxylic acid groups (broad SMARTS) is 1. The van der Waals surface area contributed by atoms with E-state index in [2.05, 4.69) is 9.97 Å². The van der Waals surface area contributed by atoms with Crippen molar-refractivity contribution in [2.75, 3.05) is 7.11 Å². The number of carboxylic acids is 1. The SMILES string of the molecule is COc1nc(Cc2ccccc2)ncc1CC(=O)O. The van der Waals surface area contributed by atoms with E-state index in [4.69, 9.17) is 9.84 Å². The topological polar surface area (TPSA) is 72.3 Å². The molecule has 0 atom stereocenters. The van der Waals surface area contributed by atoms with Crippen LogP contribution in [0.25, 0.3) is 0 Å². The molecule has 0 amide bonds. The first-order valence-corrected chi connectivity index (χ1v) is 5.83. The van der Waals surface area contributed by atoms with Crippen LogP contribution < -0.4 is 4.74 Å². The van der Waals surface area contributed by atoms with Gasteiger partial charge in [-0.3, -0.25) is 4.79 Å². The smallest absolute Gasteiger partial charge is 0.308 e. The van der Waals surface area contributed by atoms with E-state index in [0.29, 0.717) is 23.7 Å². The van der Waals surface area contributed by atoms with Gasteiger partial charge < -0.3 is 9.84 Å². The van der Waals surface area contributed by atoms with Gasteiger partial charge in [0, 0.05) is 18.2 Å². The van der Waals surface area contributed by atoms with E-state index in [0.717, 1.165) is 5.56 Å².